The van der Waals surface area contributed by atoms with Gasteiger partial charge in [0.05, 0.1) is 0 Å². The number of nitrogens with zero attached hydrogens (tertiary/aromatic N) is 2. The number of rotatable bonds is 4. The van der Waals surface area contributed by atoms with Crippen LogP contribution in [0.25, 0.3) is 0 Å². The highest BCUT2D eigenvalue weighted by Crippen LogP contribution is 2.69. The monoisotopic (exact) mass is 308 g/mol. The van der Waals surface area contributed by atoms with E-state index >= 15 is 0 Å². The second-order valence-corrected chi connectivity index (χ2v) is 9.09. The van der Waals surface area contributed by atoms with Crippen LogP contribution in [0.2, 0.25) is 0 Å². The Morgan fingerprint density at radius 2 is 1.86 bits per heavy atom. The summed E-state index contributed by atoms with van der Waals surface area (Å²) in [6.07, 6.45) is 9.68. The highest BCUT2D eigenvalue weighted by Gasteiger charge is 2.62. The van der Waals surface area contributed by atoms with Crippen LogP contribution >= 0.6 is 11.6 Å². The number of hydrogen-bond donors (Lipinski definition) is 0. The Morgan fingerprint density at radius 3 is 2.48 bits per heavy atom. The molecule has 4 aliphatic carbocycles. The van der Waals surface area contributed by atoms with Gasteiger partial charge in [0.25, 0.3) is 0 Å². The minimum Gasteiger partial charge on any atom is -0.339 e. The molecular formula is C17H25ClN2O. The molecule has 2 unspecified atom stereocenters. The topological polar surface area (TPSA) is 38.9 Å². The summed E-state index contributed by atoms with van der Waals surface area (Å²) in [5.41, 5.74) is 1.17. The molecule has 4 bridgehead atoms. The van der Waals surface area contributed by atoms with Crippen LogP contribution in [0.3, 0.4) is 0 Å². The first kappa shape index (κ1) is 14.0. The van der Waals surface area contributed by atoms with E-state index in [0.717, 1.165) is 30.5 Å². The Hall–Kier alpha value is -0.570. The van der Waals surface area contributed by atoms with Gasteiger partial charge in [-0.05, 0) is 61.7 Å². The lowest BCUT2D eigenvalue weighted by Gasteiger charge is -2.64. The van der Waals surface area contributed by atoms with Crippen LogP contribution < -0.4 is 0 Å². The van der Waals surface area contributed by atoms with Crippen molar-refractivity contribution in [1.82, 2.24) is 10.1 Å². The van der Waals surface area contributed by atoms with Crippen LogP contribution in [0.4, 0.5) is 0 Å². The summed E-state index contributed by atoms with van der Waals surface area (Å²) < 4.78 is 5.50. The van der Waals surface area contributed by atoms with Crippen LogP contribution in [0, 0.1) is 16.7 Å². The molecule has 1 heterocycles. The molecule has 21 heavy (non-hydrogen) atoms. The van der Waals surface area contributed by atoms with E-state index in [-0.39, 0.29) is 5.41 Å². The maximum absolute atomic E-state index is 5.76. The van der Waals surface area contributed by atoms with E-state index in [9.17, 15) is 0 Å². The quantitative estimate of drug-likeness (QED) is 0.769. The molecular weight excluding hydrogens is 284 g/mol. The fraction of sp³-hybridized carbons (Fsp3) is 0.882. The molecule has 116 valence electrons. The molecule has 4 saturated carbocycles. The smallest absolute Gasteiger partial charge is 0.226 e. The summed E-state index contributed by atoms with van der Waals surface area (Å²) in [7, 11) is 0. The molecule has 4 fully saturated rings. The third kappa shape index (κ3) is 2.23. The van der Waals surface area contributed by atoms with Gasteiger partial charge in [-0.2, -0.15) is 4.98 Å². The molecule has 5 rings (SSSR count). The Kier molecular flexibility index (Phi) is 2.99. The molecule has 0 N–H and O–H groups in total. The highest BCUT2D eigenvalue weighted by atomic mass is 35.5. The third-order valence-corrected chi connectivity index (χ3v) is 6.36. The number of aromatic nitrogens is 2. The van der Waals surface area contributed by atoms with Gasteiger partial charge in [-0.1, -0.05) is 19.0 Å². The van der Waals surface area contributed by atoms with Gasteiger partial charge in [0.1, 0.15) is 0 Å². The molecule has 0 aliphatic heterocycles. The van der Waals surface area contributed by atoms with Gasteiger partial charge in [-0.25, -0.2) is 0 Å². The molecule has 0 amide bonds. The third-order valence-electron chi connectivity index (χ3n) is 6.09. The fourth-order valence-electron chi connectivity index (χ4n) is 6.49. The molecule has 4 aliphatic rings. The van der Waals surface area contributed by atoms with Gasteiger partial charge < -0.3 is 4.52 Å². The normalized spacial score (nSPS) is 44.4. The number of halogens is 1. The van der Waals surface area contributed by atoms with Crippen molar-refractivity contribution in [3.8, 4) is 0 Å². The van der Waals surface area contributed by atoms with E-state index in [1.54, 1.807) is 0 Å². The van der Waals surface area contributed by atoms with Crippen LogP contribution in [-0.2, 0) is 11.8 Å². The van der Waals surface area contributed by atoms with Crippen molar-refractivity contribution < 1.29 is 4.52 Å². The summed E-state index contributed by atoms with van der Waals surface area (Å²) in [4.78, 5) is 4.76. The number of alkyl halides is 1. The average molecular weight is 309 g/mol. The summed E-state index contributed by atoms with van der Waals surface area (Å²) in [6.45, 7) is 4.97. The molecule has 0 saturated heterocycles. The van der Waals surface area contributed by atoms with Gasteiger partial charge in [0, 0.05) is 17.7 Å². The summed E-state index contributed by atoms with van der Waals surface area (Å²) in [5, 5.41) is 4.39. The van der Waals surface area contributed by atoms with E-state index in [2.05, 4.69) is 19.0 Å². The Morgan fingerprint density at radius 1 is 1.14 bits per heavy atom. The van der Waals surface area contributed by atoms with E-state index in [4.69, 9.17) is 21.1 Å². The van der Waals surface area contributed by atoms with Gasteiger partial charge in [-0.15, -0.1) is 11.6 Å². The number of hydrogen-bond acceptors (Lipinski definition) is 3. The lowest BCUT2D eigenvalue weighted by molar-refractivity contribution is -0.113. The average Bonchev–Trinajstić information content (AvgIpc) is 2.81. The lowest BCUT2D eigenvalue weighted by atomic mass is 9.40. The van der Waals surface area contributed by atoms with Crippen molar-refractivity contribution in [1.29, 1.82) is 0 Å². The molecule has 0 spiro atoms. The van der Waals surface area contributed by atoms with E-state index < -0.39 is 0 Å². The molecule has 1 aromatic heterocycles. The van der Waals surface area contributed by atoms with Crippen molar-refractivity contribution in [2.75, 3.05) is 5.88 Å². The Bertz CT molecular complexity index is 537. The minimum absolute atomic E-state index is 0.186. The standard InChI is InChI=1S/C17H25ClN2O/c1-15-6-12-7-16(2,9-15)11-17(8-12,10-15)14-19-13(21-20-14)4-3-5-18/h12H,3-11H2,1-2H3. The number of aryl methyl sites for hydroxylation is 1. The predicted molar refractivity (Wildman–Crippen MR) is 82.4 cm³/mol. The van der Waals surface area contributed by atoms with E-state index in [1.807, 2.05) is 0 Å². The summed E-state index contributed by atoms with van der Waals surface area (Å²) in [5.74, 6) is 3.28. The molecule has 0 aromatic carbocycles. The van der Waals surface area contributed by atoms with Crippen LogP contribution in [-0.4, -0.2) is 16.0 Å². The summed E-state index contributed by atoms with van der Waals surface area (Å²) in [6, 6.07) is 0. The maximum Gasteiger partial charge on any atom is 0.226 e. The van der Waals surface area contributed by atoms with Crippen molar-refractivity contribution in [3.63, 3.8) is 0 Å². The van der Waals surface area contributed by atoms with E-state index in [0.29, 0.717) is 16.7 Å². The van der Waals surface area contributed by atoms with Crippen LogP contribution in [0.5, 0.6) is 0 Å². The van der Waals surface area contributed by atoms with Gasteiger partial charge in [-0.3, -0.25) is 0 Å². The zero-order chi connectivity index (χ0) is 14.7. The van der Waals surface area contributed by atoms with Crippen LogP contribution in [0.1, 0.15) is 70.5 Å². The molecule has 0 radical (unpaired) electrons. The molecule has 1 aromatic rings. The first-order valence-corrected chi connectivity index (χ1v) is 8.87. The van der Waals surface area contributed by atoms with Gasteiger partial charge >= 0.3 is 0 Å². The van der Waals surface area contributed by atoms with Crippen molar-refractivity contribution >= 4 is 11.6 Å². The Labute approximate surface area is 131 Å². The first-order chi connectivity index (χ1) is 9.94. The molecule has 2 atom stereocenters. The maximum atomic E-state index is 5.76. The second-order valence-electron chi connectivity index (χ2n) is 8.71. The predicted octanol–water partition coefficient (Wildman–Crippen LogP) is 4.49. The SMILES string of the molecule is CC12CC3CC(C)(C1)CC(c1noc(CCCCl)n1)(C3)C2. The molecule has 4 heteroatoms. The Balaban J connectivity index is 1.66. The first-order valence-electron chi connectivity index (χ1n) is 8.34. The molecule has 3 nitrogen and oxygen atoms in total. The summed E-state index contributed by atoms with van der Waals surface area (Å²) >= 11 is 5.76. The van der Waals surface area contributed by atoms with E-state index in [1.165, 1.54) is 38.5 Å². The second kappa shape index (κ2) is 4.47. The largest absolute Gasteiger partial charge is 0.339 e. The lowest BCUT2D eigenvalue weighted by Crippen LogP contribution is -2.57. The van der Waals surface area contributed by atoms with Crippen LogP contribution in [0.15, 0.2) is 4.52 Å². The highest BCUT2D eigenvalue weighted by molar-refractivity contribution is 6.17. The zero-order valence-electron chi connectivity index (χ0n) is 13.1. The van der Waals surface area contributed by atoms with Gasteiger partial charge in [0.15, 0.2) is 5.82 Å². The zero-order valence-corrected chi connectivity index (χ0v) is 13.9. The van der Waals surface area contributed by atoms with Crippen molar-refractivity contribution in [3.05, 3.63) is 11.7 Å². The van der Waals surface area contributed by atoms with Crippen molar-refractivity contribution in [2.24, 2.45) is 16.7 Å². The van der Waals surface area contributed by atoms with Gasteiger partial charge in [0.2, 0.25) is 5.89 Å². The van der Waals surface area contributed by atoms with Crippen molar-refractivity contribution in [2.45, 2.75) is 70.6 Å². The fourth-order valence-corrected chi connectivity index (χ4v) is 6.62. The minimum atomic E-state index is 0.186.